The standard InChI is InChI=1S/C17H14BrF2N3O/c18-16-9-22-23-17(16)10-21-8-11-1-3-14(4-2-11)24-15-6-12(19)5-13(20)7-15/h1-7,9,21H,8,10H2,(H,22,23). The largest absolute Gasteiger partial charge is 0.457 e. The molecule has 124 valence electrons. The Balaban J connectivity index is 1.56. The molecule has 0 radical (unpaired) electrons. The van der Waals surface area contributed by atoms with Crippen molar-refractivity contribution in [2.75, 3.05) is 0 Å². The van der Waals surface area contributed by atoms with Crippen LogP contribution < -0.4 is 10.1 Å². The van der Waals surface area contributed by atoms with Gasteiger partial charge in [-0.2, -0.15) is 5.10 Å². The number of H-pyrrole nitrogens is 1. The van der Waals surface area contributed by atoms with Crippen molar-refractivity contribution in [2.45, 2.75) is 13.1 Å². The maximum atomic E-state index is 13.1. The van der Waals surface area contributed by atoms with Crippen LogP contribution in [0.2, 0.25) is 0 Å². The van der Waals surface area contributed by atoms with Crippen LogP contribution in [0.25, 0.3) is 0 Å². The summed E-state index contributed by atoms with van der Waals surface area (Å²) in [5.74, 6) is -0.700. The zero-order valence-corrected chi connectivity index (χ0v) is 14.1. The normalized spacial score (nSPS) is 10.8. The van der Waals surface area contributed by atoms with Crippen LogP contribution in [-0.4, -0.2) is 10.2 Å². The molecule has 0 aliphatic heterocycles. The molecule has 0 aliphatic carbocycles. The molecule has 0 bridgehead atoms. The molecule has 0 aliphatic rings. The van der Waals surface area contributed by atoms with Crippen molar-refractivity contribution in [3.05, 3.63) is 76.0 Å². The summed E-state index contributed by atoms with van der Waals surface area (Å²) in [6.07, 6.45) is 1.71. The predicted molar refractivity (Wildman–Crippen MR) is 89.7 cm³/mol. The molecule has 0 fully saturated rings. The molecule has 3 aromatic rings. The Labute approximate surface area is 146 Å². The van der Waals surface area contributed by atoms with Gasteiger partial charge in [0.1, 0.15) is 23.1 Å². The monoisotopic (exact) mass is 393 g/mol. The molecule has 24 heavy (non-hydrogen) atoms. The molecule has 2 N–H and O–H groups in total. The van der Waals surface area contributed by atoms with Crippen LogP contribution in [0, 0.1) is 11.6 Å². The molecule has 1 aromatic heterocycles. The lowest BCUT2D eigenvalue weighted by atomic mass is 10.2. The van der Waals surface area contributed by atoms with Crippen LogP contribution in [-0.2, 0) is 13.1 Å². The highest BCUT2D eigenvalue weighted by Gasteiger charge is 2.04. The third-order valence-electron chi connectivity index (χ3n) is 3.29. The average molecular weight is 394 g/mol. The number of aromatic amines is 1. The fraction of sp³-hybridized carbons (Fsp3) is 0.118. The van der Waals surface area contributed by atoms with Gasteiger partial charge in [0, 0.05) is 31.3 Å². The molecule has 0 amide bonds. The Morgan fingerprint density at radius 3 is 2.33 bits per heavy atom. The lowest BCUT2D eigenvalue weighted by Gasteiger charge is -2.08. The minimum absolute atomic E-state index is 0.127. The minimum Gasteiger partial charge on any atom is -0.457 e. The second-order valence-electron chi connectivity index (χ2n) is 5.15. The molecule has 4 nitrogen and oxygen atoms in total. The van der Waals surface area contributed by atoms with Gasteiger partial charge >= 0.3 is 0 Å². The van der Waals surface area contributed by atoms with Crippen molar-refractivity contribution in [3.8, 4) is 11.5 Å². The minimum atomic E-state index is -0.671. The number of aromatic nitrogens is 2. The Morgan fingerprint density at radius 2 is 1.71 bits per heavy atom. The summed E-state index contributed by atoms with van der Waals surface area (Å²) in [4.78, 5) is 0. The molecule has 2 aromatic carbocycles. The summed E-state index contributed by atoms with van der Waals surface area (Å²) in [5, 5.41) is 10.1. The van der Waals surface area contributed by atoms with Crippen molar-refractivity contribution in [1.29, 1.82) is 0 Å². The van der Waals surface area contributed by atoms with Gasteiger partial charge in [0.05, 0.1) is 16.4 Å². The zero-order chi connectivity index (χ0) is 16.9. The van der Waals surface area contributed by atoms with E-state index in [1.54, 1.807) is 18.3 Å². The number of nitrogens with zero attached hydrogens (tertiary/aromatic N) is 1. The Hall–Kier alpha value is -2.25. The number of benzene rings is 2. The van der Waals surface area contributed by atoms with E-state index in [9.17, 15) is 8.78 Å². The third kappa shape index (κ3) is 4.39. The fourth-order valence-electron chi connectivity index (χ4n) is 2.15. The van der Waals surface area contributed by atoms with E-state index in [2.05, 4.69) is 31.4 Å². The number of hydrogen-bond donors (Lipinski definition) is 2. The van der Waals surface area contributed by atoms with Gasteiger partial charge in [0.25, 0.3) is 0 Å². The first kappa shape index (κ1) is 16.6. The summed E-state index contributed by atoms with van der Waals surface area (Å²) in [6.45, 7) is 1.32. The first-order valence-electron chi connectivity index (χ1n) is 7.21. The summed E-state index contributed by atoms with van der Waals surface area (Å²) in [5.41, 5.74) is 2.03. The molecule has 0 unspecified atom stereocenters. The van der Waals surface area contributed by atoms with E-state index in [0.29, 0.717) is 18.8 Å². The van der Waals surface area contributed by atoms with E-state index in [4.69, 9.17) is 4.74 Å². The van der Waals surface area contributed by atoms with Gasteiger partial charge in [-0.1, -0.05) is 12.1 Å². The topological polar surface area (TPSA) is 49.9 Å². The first-order chi connectivity index (χ1) is 11.6. The molecule has 0 spiro atoms. The summed E-state index contributed by atoms with van der Waals surface area (Å²) >= 11 is 3.40. The van der Waals surface area contributed by atoms with Crippen LogP contribution in [0.1, 0.15) is 11.3 Å². The fourth-order valence-corrected chi connectivity index (χ4v) is 2.48. The van der Waals surface area contributed by atoms with Gasteiger partial charge in [0.2, 0.25) is 0 Å². The van der Waals surface area contributed by atoms with Gasteiger partial charge in [0.15, 0.2) is 0 Å². The molecule has 1 heterocycles. The van der Waals surface area contributed by atoms with E-state index in [1.165, 1.54) is 0 Å². The highest BCUT2D eigenvalue weighted by molar-refractivity contribution is 9.10. The van der Waals surface area contributed by atoms with Crippen LogP contribution in [0.4, 0.5) is 8.78 Å². The van der Waals surface area contributed by atoms with Crippen molar-refractivity contribution < 1.29 is 13.5 Å². The van der Waals surface area contributed by atoms with Gasteiger partial charge in [-0.15, -0.1) is 0 Å². The quantitative estimate of drug-likeness (QED) is 0.646. The highest BCUT2D eigenvalue weighted by Crippen LogP contribution is 2.23. The second-order valence-corrected chi connectivity index (χ2v) is 6.01. The van der Waals surface area contributed by atoms with Crippen molar-refractivity contribution >= 4 is 15.9 Å². The summed E-state index contributed by atoms with van der Waals surface area (Å²) in [7, 11) is 0. The van der Waals surface area contributed by atoms with Crippen molar-refractivity contribution in [1.82, 2.24) is 15.5 Å². The van der Waals surface area contributed by atoms with Crippen molar-refractivity contribution in [2.24, 2.45) is 0 Å². The van der Waals surface area contributed by atoms with E-state index in [1.807, 2.05) is 12.1 Å². The van der Waals surface area contributed by atoms with Gasteiger partial charge in [-0.05, 0) is 33.6 Å². The maximum absolute atomic E-state index is 13.1. The van der Waals surface area contributed by atoms with E-state index >= 15 is 0 Å². The number of hydrogen-bond acceptors (Lipinski definition) is 3. The number of nitrogens with one attached hydrogen (secondary N) is 2. The Morgan fingerprint density at radius 1 is 1.00 bits per heavy atom. The molecule has 0 saturated carbocycles. The maximum Gasteiger partial charge on any atom is 0.133 e. The lowest BCUT2D eigenvalue weighted by molar-refractivity contribution is 0.468. The number of rotatable bonds is 6. The highest BCUT2D eigenvalue weighted by atomic mass is 79.9. The van der Waals surface area contributed by atoms with Gasteiger partial charge in [-0.3, -0.25) is 5.10 Å². The van der Waals surface area contributed by atoms with Gasteiger partial charge < -0.3 is 10.1 Å². The van der Waals surface area contributed by atoms with Crippen LogP contribution in [0.15, 0.2) is 53.1 Å². The Kier molecular flexibility index (Phi) is 5.22. The van der Waals surface area contributed by atoms with Crippen molar-refractivity contribution in [3.63, 3.8) is 0 Å². The third-order valence-corrected chi connectivity index (χ3v) is 3.98. The SMILES string of the molecule is Fc1cc(F)cc(Oc2ccc(CNCc3[nH]ncc3Br)cc2)c1. The molecule has 7 heteroatoms. The zero-order valence-electron chi connectivity index (χ0n) is 12.5. The van der Waals surface area contributed by atoms with E-state index in [-0.39, 0.29) is 5.75 Å². The molecule has 0 saturated heterocycles. The molecule has 3 rings (SSSR count). The van der Waals surface area contributed by atoms with E-state index < -0.39 is 11.6 Å². The number of ether oxygens (including phenoxy) is 1. The average Bonchev–Trinajstić information content (AvgIpc) is 2.93. The summed E-state index contributed by atoms with van der Waals surface area (Å²) in [6, 6.07) is 10.4. The van der Waals surface area contributed by atoms with Gasteiger partial charge in [-0.25, -0.2) is 8.78 Å². The molecular weight excluding hydrogens is 380 g/mol. The molecular formula is C17H14BrF2N3O. The number of halogens is 3. The second kappa shape index (κ2) is 7.55. The smallest absolute Gasteiger partial charge is 0.133 e. The Bertz CT molecular complexity index is 801. The van der Waals surface area contributed by atoms with E-state index in [0.717, 1.165) is 33.9 Å². The predicted octanol–water partition coefficient (Wildman–Crippen LogP) is 4.53. The first-order valence-corrected chi connectivity index (χ1v) is 8.01. The summed E-state index contributed by atoms with van der Waals surface area (Å²) < 4.78 is 32.7. The van der Waals surface area contributed by atoms with Crippen LogP contribution >= 0.6 is 15.9 Å². The lowest BCUT2D eigenvalue weighted by Crippen LogP contribution is -2.13. The van der Waals surface area contributed by atoms with Crippen LogP contribution in [0.5, 0.6) is 11.5 Å². The van der Waals surface area contributed by atoms with Crippen LogP contribution in [0.3, 0.4) is 0 Å². The molecule has 0 atom stereocenters.